The van der Waals surface area contributed by atoms with Gasteiger partial charge in [0.15, 0.2) is 11.5 Å². The summed E-state index contributed by atoms with van der Waals surface area (Å²) < 4.78 is 241. The predicted molar refractivity (Wildman–Crippen MR) is 180 cm³/mol. The van der Waals surface area contributed by atoms with Crippen molar-refractivity contribution in [3.63, 3.8) is 0 Å². The summed E-state index contributed by atoms with van der Waals surface area (Å²) in [6.07, 6.45) is -10.9. The van der Waals surface area contributed by atoms with E-state index in [1.807, 2.05) is 0 Å². The molecule has 0 saturated carbocycles. The van der Waals surface area contributed by atoms with Crippen LogP contribution in [0, 0.1) is 65.1 Å². The van der Waals surface area contributed by atoms with Gasteiger partial charge in [-0.2, -0.15) is 43.9 Å². The van der Waals surface area contributed by atoms with Gasteiger partial charge in [-0.3, -0.25) is 23.7 Å². The lowest BCUT2D eigenvalue weighted by Gasteiger charge is -2.19. The number of ether oxygens (including phenoxy) is 2. The molecule has 322 valence electrons. The molecule has 0 fully saturated rings. The van der Waals surface area contributed by atoms with Crippen molar-refractivity contribution in [2.45, 2.75) is 19.3 Å². The van der Waals surface area contributed by atoms with Crippen molar-refractivity contribution in [2.24, 2.45) is 7.05 Å². The molecule has 2 heterocycles. The number of fused-ring (bicyclic) bond motifs is 2. The number of aromatic nitrogens is 2. The average molecular weight is 896 g/mol. The summed E-state index contributed by atoms with van der Waals surface area (Å²) in [5, 5.41) is -6.62. The Bertz CT molecular complexity index is 3130. The number of rotatable bonds is 6. The molecule has 0 amide bonds. The van der Waals surface area contributed by atoms with Crippen molar-refractivity contribution in [2.75, 3.05) is 0 Å². The van der Waals surface area contributed by atoms with Crippen molar-refractivity contribution in [1.82, 2.24) is 9.13 Å². The molecule has 0 spiro atoms. The van der Waals surface area contributed by atoms with Gasteiger partial charge >= 0.3 is 12.4 Å². The zero-order chi connectivity index (χ0) is 46.0. The van der Waals surface area contributed by atoms with Gasteiger partial charge in [-0.1, -0.05) is 23.8 Å². The van der Waals surface area contributed by atoms with Crippen LogP contribution in [0.3, 0.4) is 0 Å². The number of nitrogens with zero attached hydrogens (tertiary/aromatic N) is 2. The number of hydrogen-bond donors (Lipinski definition) is 0. The molecule has 0 radical (unpaired) electrons. The van der Waals surface area contributed by atoms with Crippen molar-refractivity contribution in [1.29, 1.82) is 0 Å². The molecule has 2 aromatic heterocycles. The maximum atomic E-state index is 15.0. The van der Waals surface area contributed by atoms with Crippen LogP contribution in [0.1, 0.15) is 16.7 Å². The van der Waals surface area contributed by atoms with E-state index in [1.165, 1.54) is 6.92 Å². The summed E-state index contributed by atoms with van der Waals surface area (Å²) in [5.74, 6) is -36.3. The van der Waals surface area contributed by atoms with Gasteiger partial charge < -0.3 is 9.47 Å². The lowest BCUT2D eigenvalue weighted by Crippen LogP contribution is -2.24. The normalized spacial score (nSPS) is 12.3. The van der Waals surface area contributed by atoms with Gasteiger partial charge in [0.2, 0.25) is 69.7 Å². The van der Waals surface area contributed by atoms with E-state index in [9.17, 15) is 71.9 Å². The Morgan fingerprint density at radius 1 is 0.435 bits per heavy atom. The van der Waals surface area contributed by atoms with Gasteiger partial charge in [0.25, 0.3) is 22.2 Å². The number of benzene rings is 5. The van der Waals surface area contributed by atoms with Crippen LogP contribution in [0.2, 0.25) is 0 Å². The van der Waals surface area contributed by atoms with E-state index in [-0.39, 0.29) is 20.8 Å². The first kappa shape index (κ1) is 43.0. The molecule has 62 heavy (non-hydrogen) atoms. The number of hydrogen-bond acceptors (Lipinski definition) is 6. The lowest BCUT2D eigenvalue weighted by molar-refractivity contribution is -0.139. The van der Waals surface area contributed by atoms with Crippen LogP contribution >= 0.6 is 0 Å². The Kier molecular flexibility index (Phi) is 9.86. The minimum Gasteiger partial charge on any atom is -0.449 e. The summed E-state index contributed by atoms with van der Waals surface area (Å²) in [7, 11) is 0.578. The van der Waals surface area contributed by atoms with Crippen LogP contribution in [-0.4, -0.2) is 9.13 Å². The smallest absolute Gasteiger partial charge is 0.417 e. The molecule has 0 bridgehead atoms. The van der Waals surface area contributed by atoms with Gasteiger partial charge in [-0.05, 0) is 36.2 Å². The van der Waals surface area contributed by atoms with Crippen LogP contribution < -0.4 is 31.7 Å². The summed E-state index contributed by atoms with van der Waals surface area (Å²) in [5.41, 5.74) is -15.1. The molecule has 24 heteroatoms. The molecule has 8 nitrogen and oxygen atoms in total. The molecule has 0 aliphatic carbocycles. The van der Waals surface area contributed by atoms with Crippen molar-refractivity contribution >= 4 is 21.5 Å². The fourth-order valence-electron chi connectivity index (χ4n) is 6.52. The second-order valence-electron chi connectivity index (χ2n) is 13.0. The van der Waals surface area contributed by atoms with E-state index in [0.29, 0.717) is 31.3 Å². The summed E-state index contributed by atoms with van der Waals surface area (Å²) >= 11 is 0. The van der Waals surface area contributed by atoms with Gasteiger partial charge in [-0.15, -0.1) is 0 Å². The maximum Gasteiger partial charge on any atom is 0.417 e. The first-order valence-electron chi connectivity index (χ1n) is 16.4. The minimum absolute atomic E-state index is 0.00201. The average Bonchev–Trinajstić information content (AvgIpc) is 3.60. The highest BCUT2D eigenvalue weighted by atomic mass is 19.4. The van der Waals surface area contributed by atoms with Crippen LogP contribution in [0.5, 0.6) is 23.0 Å². The van der Waals surface area contributed by atoms with Crippen LogP contribution in [0.4, 0.5) is 70.2 Å². The largest absolute Gasteiger partial charge is 0.449 e. The van der Waals surface area contributed by atoms with Crippen molar-refractivity contribution in [3.8, 4) is 39.8 Å². The predicted octanol–water partition coefficient (Wildman–Crippen LogP) is 9.43. The van der Waals surface area contributed by atoms with E-state index in [1.54, 1.807) is 0 Å². The third-order valence-electron chi connectivity index (χ3n) is 9.36. The highest BCUT2D eigenvalue weighted by molar-refractivity contribution is 6.11. The molecular weight excluding hydrogens is 884 g/mol. The molecule has 7 rings (SSSR count). The topological polar surface area (TPSA) is 96.6 Å². The molecule has 0 N–H and O–H groups in total. The van der Waals surface area contributed by atoms with E-state index >= 15 is 17.6 Å². The Hall–Kier alpha value is -7.14. The van der Waals surface area contributed by atoms with E-state index in [4.69, 9.17) is 9.47 Å². The summed E-state index contributed by atoms with van der Waals surface area (Å²) in [6, 6.07) is 2.80. The fraction of sp³-hybridized carbons (Fsp3) is 0.105. The fourth-order valence-corrected chi connectivity index (χ4v) is 6.52. The molecule has 7 aromatic rings. The number of halogens is 16. The van der Waals surface area contributed by atoms with Crippen molar-refractivity contribution in [3.05, 3.63) is 153 Å². The van der Waals surface area contributed by atoms with Gasteiger partial charge in [0.1, 0.15) is 21.5 Å². The Balaban J connectivity index is 1.66. The molecule has 0 aliphatic heterocycles. The second kappa shape index (κ2) is 14.2. The molecule has 0 saturated heterocycles. The standard InChI is InChI=1S/C38H12F16N2O6/c1-9-3-5-11(13(7-9)37(49,50)51)12-6-4-10(8-14(12)38(52,53)54)56-35(59)17-18(36(56)60)30(62-32-27(47)23(43)20(40)24(44)28(32)48)16-15(33(57)55(2)34(16)58)29(17)61-31-25(45)21(41)19(39)22(42)26(31)46/h3-8H,1-2H3. The highest BCUT2D eigenvalue weighted by Gasteiger charge is 2.40. The van der Waals surface area contributed by atoms with Crippen LogP contribution in [0.15, 0.2) is 55.6 Å². The first-order valence-corrected chi connectivity index (χ1v) is 16.4. The third-order valence-corrected chi connectivity index (χ3v) is 9.36. The molecular formula is C38H12F16N2O6. The quantitative estimate of drug-likeness (QED) is 0.0939. The zero-order valence-corrected chi connectivity index (χ0v) is 29.9. The Morgan fingerprint density at radius 3 is 1.13 bits per heavy atom. The van der Waals surface area contributed by atoms with Gasteiger partial charge in [0.05, 0.1) is 16.8 Å². The molecule has 0 unspecified atom stereocenters. The SMILES string of the molecule is Cc1ccc(-c2ccc(-n3c(=O)c4c(Oc5c(F)c(F)c(F)c(F)c5F)c5c(=O)n(C)c(=O)c5c(Oc5c(F)c(F)c(F)c(F)c5F)c4c3=O)cc2C(F)(F)F)c(C(F)(F)F)c1. The zero-order valence-electron chi connectivity index (χ0n) is 29.9. The number of alkyl halides is 6. The van der Waals surface area contributed by atoms with Crippen LogP contribution in [-0.2, 0) is 19.4 Å². The Labute approximate surface area is 329 Å². The van der Waals surface area contributed by atoms with Gasteiger partial charge in [-0.25, -0.2) is 30.9 Å². The molecule has 0 aliphatic rings. The number of aryl methyl sites for hydroxylation is 1. The summed E-state index contributed by atoms with van der Waals surface area (Å²) in [6.45, 7) is 1.18. The van der Waals surface area contributed by atoms with Gasteiger partial charge in [0, 0.05) is 7.05 Å². The third kappa shape index (κ3) is 6.25. The Morgan fingerprint density at radius 2 is 0.758 bits per heavy atom. The molecule has 0 atom stereocenters. The van der Waals surface area contributed by atoms with E-state index < -0.39 is 165 Å². The highest BCUT2D eigenvalue weighted by Crippen LogP contribution is 2.46. The van der Waals surface area contributed by atoms with E-state index in [2.05, 4.69) is 0 Å². The van der Waals surface area contributed by atoms with E-state index in [0.717, 1.165) is 6.07 Å². The van der Waals surface area contributed by atoms with Crippen LogP contribution in [0.25, 0.3) is 38.4 Å². The second-order valence-corrected chi connectivity index (χ2v) is 13.0. The maximum absolute atomic E-state index is 15.0. The monoisotopic (exact) mass is 896 g/mol. The minimum atomic E-state index is -5.65. The lowest BCUT2D eigenvalue weighted by atomic mass is 9.93. The van der Waals surface area contributed by atoms with Crippen molar-refractivity contribution < 1.29 is 79.7 Å². The first-order chi connectivity index (χ1) is 28.7. The molecule has 5 aromatic carbocycles. The summed E-state index contributed by atoms with van der Waals surface area (Å²) in [4.78, 5) is 55.6.